The van der Waals surface area contributed by atoms with Gasteiger partial charge in [0.25, 0.3) is 0 Å². The largest absolute Gasteiger partial charge is 0.511 e. The van der Waals surface area contributed by atoms with E-state index < -0.39 is 11.6 Å². The first-order valence-corrected chi connectivity index (χ1v) is 12.6. The number of methoxy groups -OCH3 is 2. The maximum absolute atomic E-state index is 13.2. The van der Waals surface area contributed by atoms with E-state index in [9.17, 15) is 9.90 Å². The van der Waals surface area contributed by atoms with Crippen LogP contribution in [0, 0.1) is 5.92 Å². The second-order valence-electron chi connectivity index (χ2n) is 8.57. The van der Waals surface area contributed by atoms with Gasteiger partial charge in [-0.25, -0.2) is 9.48 Å². The van der Waals surface area contributed by atoms with Crippen molar-refractivity contribution >= 4 is 29.3 Å². The molecule has 1 saturated carbocycles. The van der Waals surface area contributed by atoms with Gasteiger partial charge in [0.15, 0.2) is 0 Å². The standard InChI is InChI=1S/C23H29ClN4O5S/c1-4-28-22(25-26-27-28)34-20-17(29)13-23(33-21(20)30,15-7-5-6-8-15)10-9-14-11-16(24)19(32-3)12-18(14)31-2/h11-12,15,29H,4-10,13H2,1-3H3. The van der Waals surface area contributed by atoms with Crippen molar-refractivity contribution in [3.05, 3.63) is 33.4 Å². The minimum absolute atomic E-state index is 0.0264. The number of rotatable bonds is 9. The molecule has 1 aromatic carbocycles. The van der Waals surface area contributed by atoms with Gasteiger partial charge in [-0.05, 0) is 72.3 Å². The maximum Gasteiger partial charge on any atom is 0.349 e. The van der Waals surface area contributed by atoms with E-state index in [-0.39, 0.29) is 23.0 Å². The summed E-state index contributed by atoms with van der Waals surface area (Å²) in [4.78, 5) is 13.3. The molecule has 34 heavy (non-hydrogen) atoms. The van der Waals surface area contributed by atoms with Gasteiger partial charge in [-0.1, -0.05) is 24.4 Å². The second-order valence-corrected chi connectivity index (χ2v) is 9.95. The number of aliphatic hydroxyl groups excluding tert-OH is 1. The number of halogens is 1. The van der Waals surface area contributed by atoms with Gasteiger partial charge in [0.2, 0.25) is 5.16 Å². The molecule has 2 aliphatic rings. The summed E-state index contributed by atoms with van der Waals surface area (Å²) < 4.78 is 18.6. The van der Waals surface area contributed by atoms with Crippen LogP contribution >= 0.6 is 23.4 Å². The zero-order valence-corrected chi connectivity index (χ0v) is 21.1. The maximum atomic E-state index is 13.2. The van der Waals surface area contributed by atoms with Crippen LogP contribution in [0.25, 0.3) is 0 Å². The number of aromatic nitrogens is 4. The van der Waals surface area contributed by atoms with Crippen molar-refractivity contribution in [2.45, 2.75) is 69.2 Å². The Labute approximate surface area is 207 Å². The number of aliphatic hydroxyl groups is 1. The van der Waals surface area contributed by atoms with Gasteiger partial charge >= 0.3 is 5.97 Å². The summed E-state index contributed by atoms with van der Waals surface area (Å²) in [6.07, 6.45) is 5.44. The minimum atomic E-state index is -0.796. The highest BCUT2D eigenvalue weighted by atomic mass is 35.5. The van der Waals surface area contributed by atoms with Crippen LogP contribution in [0.1, 0.15) is 51.0 Å². The fourth-order valence-corrected chi connectivity index (χ4v) is 6.00. The van der Waals surface area contributed by atoms with Crippen LogP contribution < -0.4 is 9.47 Å². The molecule has 0 bridgehead atoms. The smallest absolute Gasteiger partial charge is 0.349 e. The fraction of sp³-hybridized carbons (Fsp3) is 0.565. The van der Waals surface area contributed by atoms with Crippen molar-refractivity contribution in [3.8, 4) is 11.5 Å². The molecule has 1 aliphatic heterocycles. The molecule has 1 aromatic heterocycles. The third-order valence-corrected chi connectivity index (χ3v) is 8.05. The van der Waals surface area contributed by atoms with Gasteiger partial charge < -0.3 is 19.3 Å². The number of aryl methyl sites for hydroxylation is 2. The Balaban J connectivity index is 1.61. The lowest BCUT2D eigenvalue weighted by molar-refractivity contribution is -0.166. The lowest BCUT2D eigenvalue weighted by Crippen LogP contribution is -2.45. The minimum Gasteiger partial charge on any atom is -0.511 e. The molecule has 1 atom stereocenters. The SMILES string of the molecule is CCn1nnnc1SC1=C(O)CC(CCc2cc(Cl)c(OC)cc2OC)(C2CCCC2)OC1=O. The summed E-state index contributed by atoms with van der Waals surface area (Å²) in [6, 6.07) is 3.59. The van der Waals surface area contributed by atoms with E-state index in [1.165, 1.54) is 0 Å². The quantitative estimate of drug-likeness (QED) is 0.480. The van der Waals surface area contributed by atoms with Gasteiger partial charge in [0.1, 0.15) is 27.8 Å². The van der Waals surface area contributed by atoms with Crippen molar-refractivity contribution < 1.29 is 24.1 Å². The summed E-state index contributed by atoms with van der Waals surface area (Å²) in [6.45, 7) is 2.45. The van der Waals surface area contributed by atoms with Gasteiger partial charge in [-0.3, -0.25) is 0 Å². The Hall–Kier alpha value is -2.46. The topological polar surface area (TPSA) is 109 Å². The predicted molar refractivity (Wildman–Crippen MR) is 127 cm³/mol. The number of esters is 1. The number of tetrazole rings is 1. The molecule has 1 aliphatic carbocycles. The first-order chi connectivity index (χ1) is 16.4. The van der Waals surface area contributed by atoms with Crippen molar-refractivity contribution in [2.24, 2.45) is 5.92 Å². The third kappa shape index (κ3) is 4.84. The Bertz CT molecular complexity index is 1090. The molecule has 2 aromatic rings. The number of thioether (sulfide) groups is 1. The molecule has 0 radical (unpaired) electrons. The predicted octanol–water partition coefficient (Wildman–Crippen LogP) is 4.73. The number of cyclic esters (lactones) is 1. The third-order valence-electron chi connectivity index (χ3n) is 6.67. The second kappa shape index (κ2) is 10.4. The van der Waals surface area contributed by atoms with Crippen molar-refractivity contribution in [2.75, 3.05) is 14.2 Å². The zero-order chi connectivity index (χ0) is 24.3. The first-order valence-electron chi connectivity index (χ1n) is 11.4. The van der Waals surface area contributed by atoms with Crippen molar-refractivity contribution in [1.29, 1.82) is 0 Å². The van der Waals surface area contributed by atoms with Crippen LogP contribution in [0.2, 0.25) is 5.02 Å². The van der Waals surface area contributed by atoms with E-state index in [4.69, 9.17) is 25.8 Å². The Morgan fingerprint density at radius 2 is 2.00 bits per heavy atom. The van der Waals surface area contributed by atoms with Crippen LogP contribution in [-0.2, 0) is 22.5 Å². The summed E-state index contributed by atoms with van der Waals surface area (Å²) in [5, 5.41) is 23.4. The average Bonchev–Trinajstić information content (AvgIpc) is 3.52. The molecule has 9 nitrogen and oxygen atoms in total. The molecule has 0 spiro atoms. The molecule has 0 amide bonds. The number of carbonyl (C=O) groups is 1. The van der Waals surface area contributed by atoms with E-state index >= 15 is 0 Å². The van der Waals surface area contributed by atoms with Gasteiger partial charge in [-0.2, -0.15) is 0 Å². The van der Waals surface area contributed by atoms with Crippen LogP contribution in [-0.4, -0.2) is 51.1 Å². The van der Waals surface area contributed by atoms with Gasteiger partial charge in [0, 0.05) is 19.0 Å². The summed E-state index contributed by atoms with van der Waals surface area (Å²) in [5.74, 6) is 0.858. The Morgan fingerprint density at radius 3 is 2.65 bits per heavy atom. The molecule has 0 saturated heterocycles. The lowest BCUT2D eigenvalue weighted by Gasteiger charge is -2.41. The molecule has 1 N–H and O–H groups in total. The molecule has 11 heteroatoms. The molecule has 4 rings (SSSR count). The number of carbonyl (C=O) groups excluding carboxylic acids is 1. The summed E-state index contributed by atoms with van der Waals surface area (Å²) in [5.41, 5.74) is 0.100. The van der Waals surface area contributed by atoms with E-state index in [0.717, 1.165) is 43.0 Å². The molecule has 1 unspecified atom stereocenters. The van der Waals surface area contributed by atoms with Crippen molar-refractivity contribution in [1.82, 2.24) is 20.2 Å². The van der Waals surface area contributed by atoms with E-state index in [2.05, 4.69) is 15.5 Å². The normalized spacial score (nSPS) is 21.1. The lowest BCUT2D eigenvalue weighted by atomic mass is 9.77. The highest BCUT2D eigenvalue weighted by Gasteiger charge is 2.48. The monoisotopic (exact) mass is 508 g/mol. The molecular weight excluding hydrogens is 480 g/mol. The number of nitrogens with zero attached hydrogens (tertiary/aromatic N) is 4. The van der Waals surface area contributed by atoms with E-state index in [1.807, 2.05) is 13.0 Å². The van der Waals surface area contributed by atoms with Gasteiger partial charge in [0.05, 0.1) is 19.2 Å². The van der Waals surface area contributed by atoms with Crippen LogP contribution in [0.3, 0.4) is 0 Å². The van der Waals surface area contributed by atoms with Crippen LogP contribution in [0.15, 0.2) is 28.0 Å². The Morgan fingerprint density at radius 1 is 1.26 bits per heavy atom. The number of hydrogen-bond acceptors (Lipinski definition) is 9. The molecule has 1 fully saturated rings. The summed E-state index contributed by atoms with van der Waals surface area (Å²) in [7, 11) is 3.15. The van der Waals surface area contributed by atoms with E-state index in [1.54, 1.807) is 25.0 Å². The van der Waals surface area contributed by atoms with Crippen LogP contribution in [0.4, 0.5) is 0 Å². The van der Waals surface area contributed by atoms with E-state index in [0.29, 0.717) is 41.1 Å². The molecular formula is C23H29ClN4O5S. The zero-order valence-electron chi connectivity index (χ0n) is 19.5. The van der Waals surface area contributed by atoms with Crippen molar-refractivity contribution in [3.63, 3.8) is 0 Å². The molecule has 184 valence electrons. The van der Waals surface area contributed by atoms with Gasteiger partial charge in [-0.15, -0.1) is 5.10 Å². The first kappa shape index (κ1) is 24.7. The number of ether oxygens (including phenoxy) is 3. The van der Waals surface area contributed by atoms with Crippen LogP contribution in [0.5, 0.6) is 11.5 Å². The number of benzene rings is 1. The molecule has 2 heterocycles. The highest BCUT2D eigenvalue weighted by Crippen LogP contribution is 2.48. The number of hydrogen-bond donors (Lipinski definition) is 1. The average molecular weight is 509 g/mol. The summed E-state index contributed by atoms with van der Waals surface area (Å²) >= 11 is 7.40. The Kier molecular flexibility index (Phi) is 7.57. The highest BCUT2D eigenvalue weighted by molar-refractivity contribution is 8.03. The fourth-order valence-electron chi connectivity index (χ4n) is 4.90.